The maximum atomic E-state index is 13.4. The molecule has 1 spiro atoms. The van der Waals surface area contributed by atoms with Crippen molar-refractivity contribution in [3.63, 3.8) is 0 Å². The van der Waals surface area contributed by atoms with Crippen molar-refractivity contribution in [3.8, 4) is 5.75 Å². The number of nitrogens with one attached hydrogen (secondary N) is 2. The van der Waals surface area contributed by atoms with E-state index >= 15 is 0 Å². The standard InChI is InChI=1S/C24H27N3O4/c1-15(2)22(29)25-14-20(28)27-12-11-24(18-9-4-5-10-19(18)26-23(24)30)21(27)16-7-6-8-17(13-16)31-3/h4-10,13,15,21H,11-12,14H2,1-3H3,(H,25,29)(H,26,30)/t21-,24+/m0/s1. The van der Waals surface area contributed by atoms with Crippen LogP contribution in [0.25, 0.3) is 0 Å². The van der Waals surface area contributed by atoms with Crippen molar-refractivity contribution in [3.05, 3.63) is 59.7 Å². The summed E-state index contributed by atoms with van der Waals surface area (Å²) in [7, 11) is 1.59. The maximum absolute atomic E-state index is 13.4. The zero-order chi connectivity index (χ0) is 22.2. The van der Waals surface area contributed by atoms with Crippen molar-refractivity contribution in [2.45, 2.75) is 31.7 Å². The van der Waals surface area contributed by atoms with Crippen molar-refractivity contribution in [1.82, 2.24) is 10.2 Å². The maximum Gasteiger partial charge on any atom is 0.242 e. The molecule has 7 heteroatoms. The monoisotopic (exact) mass is 421 g/mol. The Bertz CT molecular complexity index is 1030. The van der Waals surface area contributed by atoms with Gasteiger partial charge in [-0.1, -0.05) is 44.2 Å². The highest BCUT2D eigenvalue weighted by molar-refractivity contribution is 6.07. The molecule has 2 N–H and O–H groups in total. The molecule has 31 heavy (non-hydrogen) atoms. The largest absolute Gasteiger partial charge is 0.497 e. The molecule has 0 aromatic heterocycles. The van der Waals surface area contributed by atoms with Crippen LogP contribution in [-0.2, 0) is 19.8 Å². The third-order valence-corrected chi connectivity index (χ3v) is 6.25. The lowest BCUT2D eigenvalue weighted by atomic mass is 9.72. The van der Waals surface area contributed by atoms with E-state index in [1.54, 1.807) is 25.9 Å². The molecular weight excluding hydrogens is 394 g/mol. The third kappa shape index (κ3) is 3.44. The molecule has 2 atom stereocenters. The summed E-state index contributed by atoms with van der Waals surface area (Å²) in [4.78, 5) is 40.3. The molecule has 2 aliphatic rings. The first-order valence-electron chi connectivity index (χ1n) is 10.5. The number of methoxy groups -OCH3 is 1. The second-order valence-corrected chi connectivity index (χ2v) is 8.36. The van der Waals surface area contributed by atoms with Crippen LogP contribution < -0.4 is 15.4 Å². The molecule has 4 rings (SSSR count). The van der Waals surface area contributed by atoms with Crippen LogP contribution in [0.3, 0.4) is 0 Å². The normalized spacial score (nSPS) is 21.9. The van der Waals surface area contributed by atoms with Crippen molar-refractivity contribution in [2.75, 3.05) is 25.5 Å². The van der Waals surface area contributed by atoms with Gasteiger partial charge in [0.25, 0.3) is 0 Å². The van der Waals surface area contributed by atoms with E-state index in [0.29, 0.717) is 18.7 Å². The highest BCUT2D eigenvalue weighted by atomic mass is 16.5. The molecule has 2 aliphatic heterocycles. The van der Waals surface area contributed by atoms with Gasteiger partial charge in [-0.05, 0) is 35.7 Å². The van der Waals surface area contributed by atoms with E-state index < -0.39 is 11.5 Å². The Morgan fingerprint density at radius 1 is 1.23 bits per heavy atom. The number of para-hydroxylation sites is 1. The van der Waals surface area contributed by atoms with Gasteiger partial charge in [-0.15, -0.1) is 0 Å². The van der Waals surface area contributed by atoms with Gasteiger partial charge in [0.1, 0.15) is 11.2 Å². The number of rotatable bonds is 5. The van der Waals surface area contributed by atoms with Crippen molar-refractivity contribution in [1.29, 1.82) is 0 Å². The zero-order valence-corrected chi connectivity index (χ0v) is 18.0. The number of anilines is 1. The number of ether oxygens (including phenoxy) is 1. The molecule has 0 unspecified atom stereocenters. The molecule has 0 bridgehead atoms. The second kappa shape index (κ2) is 8.06. The topological polar surface area (TPSA) is 87.7 Å². The van der Waals surface area contributed by atoms with Crippen LogP contribution in [-0.4, -0.2) is 42.8 Å². The molecule has 2 heterocycles. The van der Waals surface area contributed by atoms with Crippen LogP contribution in [0, 0.1) is 5.92 Å². The number of hydrogen-bond donors (Lipinski definition) is 2. The summed E-state index contributed by atoms with van der Waals surface area (Å²) in [6.07, 6.45) is 0.502. The number of amides is 3. The van der Waals surface area contributed by atoms with Crippen LogP contribution in [0.2, 0.25) is 0 Å². The summed E-state index contributed by atoms with van der Waals surface area (Å²) in [5, 5.41) is 5.71. The van der Waals surface area contributed by atoms with E-state index in [1.807, 2.05) is 48.5 Å². The Kier molecular flexibility index (Phi) is 5.43. The molecule has 0 aliphatic carbocycles. The van der Waals surface area contributed by atoms with Crippen LogP contribution in [0.4, 0.5) is 5.69 Å². The lowest BCUT2D eigenvalue weighted by Crippen LogP contribution is -2.45. The summed E-state index contributed by atoms with van der Waals surface area (Å²) in [5.41, 5.74) is 1.62. The van der Waals surface area contributed by atoms with Gasteiger partial charge in [-0.3, -0.25) is 14.4 Å². The van der Waals surface area contributed by atoms with Gasteiger partial charge in [0, 0.05) is 18.2 Å². The molecular formula is C24H27N3O4. The minimum absolute atomic E-state index is 0.100. The highest BCUT2D eigenvalue weighted by Crippen LogP contribution is 2.54. The lowest BCUT2D eigenvalue weighted by molar-refractivity contribution is -0.135. The van der Waals surface area contributed by atoms with Crippen LogP contribution in [0.5, 0.6) is 5.75 Å². The van der Waals surface area contributed by atoms with Crippen LogP contribution in [0.1, 0.15) is 37.4 Å². The summed E-state index contributed by atoms with van der Waals surface area (Å²) < 4.78 is 5.40. The Balaban J connectivity index is 1.76. The first-order chi connectivity index (χ1) is 14.9. The lowest BCUT2D eigenvalue weighted by Gasteiger charge is -2.34. The average molecular weight is 421 g/mol. The summed E-state index contributed by atoms with van der Waals surface area (Å²) in [6.45, 7) is 3.88. The van der Waals surface area contributed by atoms with Gasteiger partial charge in [0.05, 0.1) is 19.7 Å². The molecule has 0 radical (unpaired) electrons. The number of fused-ring (bicyclic) bond motifs is 2. The average Bonchev–Trinajstić information content (AvgIpc) is 3.31. The Morgan fingerprint density at radius 3 is 2.74 bits per heavy atom. The van der Waals surface area contributed by atoms with Crippen molar-refractivity contribution in [2.24, 2.45) is 5.92 Å². The second-order valence-electron chi connectivity index (χ2n) is 8.36. The minimum Gasteiger partial charge on any atom is -0.497 e. The van der Waals surface area contributed by atoms with E-state index in [2.05, 4.69) is 10.6 Å². The van der Waals surface area contributed by atoms with Gasteiger partial charge < -0.3 is 20.3 Å². The zero-order valence-electron chi connectivity index (χ0n) is 18.0. The van der Waals surface area contributed by atoms with E-state index in [-0.39, 0.29) is 30.2 Å². The van der Waals surface area contributed by atoms with Gasteiger partial charge in [0.2, 0.25) is 17.7 Å². The molecule has 2 aromatic carbocycles. The number of likely N-dealkylation sites (tertiary alicyclic amines) is 1. The Labute approximate surface area is 181 Å². The van der Waals surface area contributed by atoms with Crippen molar-refractivity contribution < 1.29 is 19.1 Å². The number of hydrogen-bond acceptors (Lipinski definition) is 4. The third-order valence-electron chi connectivity index (χ3n) is 6.25. The highest BCUT2D eigenvalue weighted by Gasteiger charge is 2.59. The minimum atomic E-state index is -0.888. The van der Waals surface area contributed by atoms with E-state index in [1.165, 1.54) is 0 Å². The fraction of sp³-hybridized carbons (Fsp3) is 0.375. The quantitative estimate of drug-likeness (QED) is 0.777. The first kappa shape index (κ1) is 20.9. The predicted octanol–water partition coefficient (Wildman–Crippen LogP) is 2.63. The van der Waals surface area contributed by atoms with Gasteiger partial charge in [0.15, 0.2) is 0 Å². The number of carbonyl (C=O) groups is 3. The molecule has 1 fully saturated rings. The summed E-state index contributed by atoms with van der Waals surface area (Å²) >= 11 is 0. The fourth-order valence-electron chi connectivity index (χ4n) is 4.70. The number of carbonyl (C=O) groups excluding carboxylic acids is 3. The van der Waals surface area contributed by atoms with Gasteiger partial charge >= 0.3 is 0 Å². The Hall–Kier alpha value is -3.35. The molecule has 1 saturated heterocycles. The number of benzene rings is 2. The molecule has 7 nitrogen and oxygen atoms in total. The molecule has 2 aromatic rings. The summed E-state index contributed by atoms with van der Waals surface area (Å²) in [5.74, 6) is -0.0470. The smallest absolute Gasteiger partial charge is 0.242 e. The first-order valence-corrected chi connectivity index (χ1v) is 10.5. The van der Waals surface area contributed by atoms with Crippen LogP contribution >= 0.6 is 0 Å². The SMILES string of the molecule is COc1cccc([C@@H]2N(C(=O)CNC(=O)C(C)C)CC[C@]23C(=O)Nc2ccccc23)c1. The van der Waals surface area contributed by atoms with E-state index in [4.69, 9.17) is 4.74 Å². The molecule has 162 valence electrons. The Morgan fingerprint density at radius 2 is 2.00 bits per heavy atom. The van der Waals surface area contributed by atoms with Crippen molar-refractivity contribution >= 4 is 23.4 Å². The van der Waals surface area contributed by atoms with Gasteiger partial charge in [-0.25, -0.2) is 0 Å². The fourth-order valence-corrected chi connectivity index (χ4v) is 4.70. The van der Waals surface area contributed by atoms with Gasteiger partial charge in [-0.2, -0.15) is 0 Å². The van der Waals surface area contributed by atoms with E-state index in [0.717, 1.165) is 16.8 Å². The summed E-state index contributed by atoms with van der Waals surface area (Å²) in [6, 6.07) is 14.6. The van der Waals surface area contributed by atoms with E-state index in [9.17, 15) is 14.4 Å². The molecule has 3 amide bonds. The number of nitrogens with zero attached hydrogens (tertiary/aromatic N) is 1. The van der Waals surface area contributed by atoms with Crippen LogP contribution in [0.15, 0.2) is 48.5 Å². The predicted molar refractivity (Wildman–Crippen MR) is 117 cm³/mol. The molecule has 0 saturated carbocycles.